The van der Waals surface area contributed by atoms with Crippen LogP contribution >= 0.6 is 0 Å². The number of aryl methyl sites for hydroxylation is 1. The molecule has 0 saturated carbocycles. The van der Waals surface area contributed by atoms with E-state index in [4.69, 9.17) is 4.74 Å². The maximum absolute atomic E-state index is 13.5. The highest BCUT2D eigenvalue weighted by Crippen LogP contribution is 2.29. The van der Waals surface area contributed by atoms with Crippen LogP contribution in [-0.4, -0.2) is 29.8 Å². The molecule has 142 valence electrons. The minimum Gasteiger partial charge on any atom is -0.469 e. The van der Waals surface area contributed by atoms with Crippen LogP contribution in [0.2, 0.25) is 0 Å². The number of aromatic nitrogens is 1. The standard InChI is InChI=1S/C21H23F2N3O/c1-6-8-16-11-20(24-13-26(5)7-2)14(3)25-21(16)27-15(4)17-9-18(22)12-19(23)10-17/h9-13,15H,7H2,1-5H3. The average Bonchev–Trinajstić information content (AvgIpc) is 2.61. The molecule has 0 aliphatic carbocycles. The molecule has 2 rings (SSSR count). The van der Waals surface area contributed by atoms with Gasteiger partial charge in [-0.25, -0.2) is 18.8 Å². The normalized spacial score (nSPS) is 11.8. The Morgan fingerprint density at radius 2 is 1.93 bits per heavy atom. The minimum atomic E-state index is -0.650. The second-order valence-electron chi connectivity index (χ2n) is 6.10. The van der Waals surface area contributed by atoms with E-state index >= 15 is 0 Å². The summed E-state index contributed by atoms with van der Waals surface area (Å²) < 4.78 is 32.8. The Hall–Kier alpha value is -2.94. The maximum Gasteiger partial charge on any atom is 0.230 e. The number of hydrogen-bond acceptors (Lipinski definition) is 3. The number of hydrogen-bond donors (Lipinski definition) is 0. The molecule has 2 aromatic rings. The summed E-state index contributed by atoms with van der Waals surface area (Å²) in [6.45, 7) is 8.10. The zero-order valence-corrected chi connectivity index (χ0v) is 16.2. The SMILES string of the molecule is CC#Cc1cc(N=CN(C)CC)c(C)nc1OC(C)c1cc(F)cc(F)c1. The Bertz CT molecular complexity index is 880. The highest BCUT2D eigenvalue weighted by molar-refractivity contribution is 5.64. The van der Waals surface area contributed by atoms with E-state index in [1.54, 1.807) is 26.3 Å². The molecule has 0 spiro atoms. The van der Waals surface area contributed by atoms with Gasteiger partial charge in [0, 0.05) is 19.7 Å². The number of halogens is 2. The second-order valence-corrected chi connectivity index (χ2v) is 6.10. The van der Waals surface area contributed by atoms with Gasteiger partial charge in [0.2, 0.25) is 5.88 Å². The van der Waals surface area contributed by atoms with E-state index in [1.807, 2.05) is 25.8 Å². The van der Waals surface area contributed by atoms with Crippen LogP contribution in [0, 0.1) is 30.4 Å². The molecule has 0 N–H and O–H groups in total. The molecule has 1 atom stereocenters. The quantitative estimate of drug-likeness (QED) is 0.416. The van der Waals surface area contributed by atoms with Crippen molar-refractivity contribution in [3.63, 3.8) is 0 Å². The van der Waals surface area contributed by atoms with E-state index in [9.17, 15) is 8.78 Å². The summed E-state index contributed by atoms with van der Waals surface area (Å²) in [7, 11) is 1.93. The van der Waals surface area contributed by atoms with Crippen LogP contribution in [0.1, 0.15) is 43.7 Å². The smallest absolute Gasteiger partial charge is 0.230 e. The van der Waals surface area contributed by atoms with Crippen LogP contribution in [0.5, 0.6) is 5.88 Å². The van der Waals surface area contributed by atoms with Crippen molar-refractivity contribution in [2.24, 2.45) is 4.99 Å². The Kier molecular flexibility index (Phi) is 6.89. The monoisotopic (exact) mass is 371 g/mol. The van der Waals surface area contributed by atoms with Crippen LogP contribution in [0.15, 0.2) is 29.3 Å². The van der Waals surface area contributed by atoms with E-state index in [0.717, 1.165) is 12.6 Å². The minimum absolute atomic E-state index is 0.307. The summed E-state index contributed by atoms with van der Waals surface area (Å²) in [5, 5.41) is 0. The Morgan fingerprint density at radius 1 is 1.26 bits per heavy atom. The molecule has 1 aromatic heterocycles. The molecule has 0 saturated heterocycles. The van der Waals surface area contributed by atoms with Crippen molar-refractivity contribution < 1.29 is 13.5 Å². The largest absolute Gasteiger partial charge is 0.469 e. The number of nitrogens with zero attached hydrogens (tertiary/aromatic N) is 3. The lowest BCUT2D eigenvalue weighted by molar-refractivity contribution is 0.215. The second kappa shape index (κ2) is 9.13. The van der Waals surface area contributed by atoms with E-state index in [2.05, 4.69) is 21.8 Å². The summed E-state index contributed by atoms with van der Waals surface area (Å²) in [4.78, 5) is 10.8. The Balaban J connectivity index is 2.36. The van der Waals surface area contributed by atoms with Gasteiger partial charge in [0.25, 0.3) is 0 Å². The van der Waals surface area contributed by atoms with Crippen LogP contribution in [0.4, 0.5) is 14.5 Å². The van der Waals surface area contributed by atoms with Crippen molar-refractivity contribution in [1.29, 1.82) is 0 Å². The van der Waals surface area contributed by atoms with Crippen LogP contribution in [0.25, 0.3) is 0 Å². The predicted octanol–water partition coefficient (Wildman–Crippen LogP) is 4.79. The number of ether oxygens (including phenoxy) is 1. The molecule has 1 unspecified atom stereocenters. The highest BCUT2D eigenvalue weighted by atomic mass is 19.1. The molecule has 0 fully saturated rings. The average molecular weight is 371 g/mol. The van der Waals surface area contributed by atoms with Gasteiger partial charge in [-0.3, -0.25) is 0 Å². The van der Waals surface area contributed by atoms with Crippen molar-refractivity contribution in [2.75, 3.05) is 13.6 Å². The zero-order chi connectivity index (χ0) is 20.0. The number of benzene rings is 1. The highest BCUT2D eigenvalue weighted by Gasteiger charge is 2.15. The maximum atomic E-state index is 13.5. The molecule has 0 aliphatic heterocycles. The van der Waals surface area contributed by atoms with E-state index in [0.29, 0.717) is 28.4 Å². The Labute approximate surface area is 158 Å². The lowest BCUT2D eigenvalue weighted by Gasteiger charge is -2.17. The van der Waals surface area contributed by atoms with Gasteiger partial charge in [0.05, 0.1) is 23.3 Å². The fraction of sp³-hybridized carbons (Fsp3) is 0.333. The molecule has 4 nitrogen and oxygen atoms in total. The van der Waals surface area contributed by atoms with Gasteiger partial charge < -0.3 is 9.64 Å². The van der Waals surface area contributed by atoms with Gasteiger partial charge in [-0.2, -0.15) is 0 Å². The van der Waals surface area contributed by atoms with Crippen LogP contribution < -0.4 is 4.74 Å². The molecular formula is C21H23F2N3O. The third-order valence-corrected chi connectivity index (χ3v) is 3.95. The van der Waals surface area contributed by atoms with Gasteiger partial charge in [-0.05, 0) is 51.5 Å². The molecule has 0 radical (unpaired) electrons. The summed E-state index contributed by atoms with van der Waals surface area (Å²) in [5.74, 6) is 4.78. The molecule has 0 amide bonds. The Morgan fingerprint density at radius 3 is 2.52 bits per heavy atom. The van der Waals surface area contributed by atoms with Crippen molar-refractivity contribution in [2.45, 2.75) is 33.8 Å². The van der Waals surface area contributed by atoms with Gasteiger partial charge in [0.15, 0.2) is 0 Å². The molecule has 6 heteroatoms. The number of pyridine rings is 1. The van der Waals surface area contributed by atoms with E-state index < -0.39 is 17.7 Å². The summed E-state index contributed by atoms with van der Waals surface area (Å²) in [5.41, 5.74) is 2.31. The third kappa shape index (κ3) is 5.52. The number of aliphatic imine (C=N–C) groups is 1. The first-order valence-electron chi connectivity index (χ1n) is 8.65. The fourth-order valence-corrected chi connectivity index (χ4v) is 2.31. The van der Waals surface area contributed by atoms with Crippen molar-refractivity contribution in [1.82, 2.24) is 9.88 Å². The van der Waals surface area contributed by atoms with Crippen LogP contribution in [-0.2, 0) is 0 Å². The first kappa shape index (κ1) is 20.4. The number of rotatable bonds is 6. The molecular weight excluding hydrogens is 348 g/mol. The summed E-state index contributed by atoms with van der Waals surface area (Å²) >= 11 is 0. The molecule has 1 heterocycles. The van der Waals surface area contributed by atoms with Gasteiger partial charge in [-0.1, -0.05) is 5.92 Å². The molecule has 0 aliphatic rings. The van der Waals surface area contributed by atoms with E-state index in [-0.39, 0.29) is 0 Å². The molecule has 0 bridgehead atoms. The third-order valence-electron chi connectivity index (χ3n) is 3.95. The predicted molar refractivity (Wildman–Crippen MR) is 103 cm³/mol. The van der Waals surface area contributed by atoms with Crippen LogP contribution in [0.3, 0.4) is 0 Å². The lowest BCUT2D eigenvalue weighted by Crippen LogP contribution is -2.14. The first-order chi connectivity index (χ1) is 12.8. The van der Waals surface area contributed by atoms with Gasteiger partial charge >= 0.3 is 0 Å². The van der Waals surface area contributed by atoms with Crippen molar-refractivity contribution in [3.05, 3.63) is 52.7 Å². The van der Waals surface area contributed by atoms with E-state index in [1.165, 1.54) is 12.1 Å². The topological polar surface area (TPSA) is 37.7 Å². The van der Waals surface area contributed by atoms with Crippen molar-refractivity contribution in [3.8, 4) is 17.7 Å². The summed E-state index contributed by atoms with van der Waals surface area (Å²) in [6.07, 6.45) is 1.13. The van der Waals surface area contributed by atoms with Crippen molar-refractivity contribution >= 4 is 12.0 Å². The van der Waals surface area contributed by atoms with Gasteiger partial charge in [0.1, 0.15) is 17.7 Å². The summed E-state index contributed by atoms with van der Waals surface area (Å²) in [6, 6.07) is 5.11. The zero-order valence-electron chi connectivity index (χ0n) is 16.2. The fourth-order valence-electron chi connectivity index (χ4n) is 2.31. The van der Waals surface area contributed by atoms with Gasteiger partial charge in [-0.15, -0.1) is 5.92 Å². The lowest BCUT2D eigenvalue weighted by atomic mass is 10.1. The first-order valence-corrected chi connectivity index (χ1v) is 8.65. The molecule has 1 aromatic carbocycles. The molecule has 27 heavy (non-hydrogen) atoms.